The van der Waals surface area contributed by atoms with Crippen molar-refractivity contribution in [2.24, 2.45) is 0 Å². The number of aromatic nitrogens is 2. The average molecular weight is 345 g/mol. The Balaban J connectivity index is 2.18. The fourth-order valence-electron chi connectivity index (χ4n) is 1.40. The van der Waals surface area contributed by atoms with Crippen LogP contribution in [0, 0.1) is 12.7 Å². The lowest BCUT2D eigenvalue weighted by molar-refractivity contribution is 0.598. The van der Waals surface area contributed by atoms with Gasteiger partial charge in [0.25, 0.3) is 10.0 Å². The van der Waals surface area contributed by atoms with Crippen molar-refractivity contribution < 1.29 is 12.8 Å². The van der Waals surface area contributed by atoms with Gasteiger partial charge in [-0.15, -0.1) is 16.8 Å². The van der Waals surface area contributed by atoms with Crippen molar-refractivity contribution in [3.8, 4) is 0 Å². The van der Waals surface area contributed by atoms with E-state index in [4.69, 9.17) is 0 Å². The molecule has 0 spiro atoms. The molecule has 0 aliphatic rings. The highest BCUT2D eigenvalue weighted by atomic mass is 32.2. The van der Waals surface area contributed by atoms with Gasteiger partial charge in [-0.05, 0) is 30.7 Å². The summed E-state index contributed by atoms with van der Waals surface area (Å²) >= 11 is 2.54. The molecule has 0 radical (unpaired) electrons. The molecule has 0 saturated heterocycles. The van der Waals surface area contributed by atoms with Crippen molar-refractivity contribution in [2.75, 3.05) is 10.5 Å². The maximum absolute atomic E-state index is 13.2. The van der Waals surface area contributed by atoms with Gasteiger partial charge < -0.3 is 0 Å². The number of rotatable bonds is 6. The van der Waals surface area contributed by atoms with Gasteiger partial charge in [-0.3, -0.25) is 4.72 Å². The third-order valence-corrected chi connectivity index (χ3v) is 5.83. The Hall–Kier alpha value is -1.45. The first kappa shape index (κ1) is 15.9. The molecule has 0 saturated carbocycles. The molecule has 0 amide bonds. The molecule has 9 heteroatoms. The predicted octanol–water partition coefficient (Wildman–Crippen LogP) is 3.06. The van der Waals surface area contributed by atoms with Gasteiger partial charge in [0, 0.05) is 5.75 Å². The quantitative estimate of drug-likeness (QED) is 0.643. The normalized spacial score (nSPS) is 11.3. The maximum atomic E-state index is 13.2. The molecule has 1 aromatic heterocycles. The highest BCUT2D eigenvalue weighted by Crippen LogP contribution is 2.27. The van der Waals surface area contributed by atoms with Crippen LogP contribution < -0.4 is 4.72 Å². The molecule has 2 aromatic rings. The minimum atomic E-state index is -3.80. The Kier molecular flexibility index (Phi) is 4.96. The van der Waals surface area contributed by atoms with Crippen LogP contribution in [0.5, 0.6) is 0 Å². The van der Waals surface area contributed by atoms with Crippen molar-refractivity contribution in [1.29, 1.82) is 0 Å². The average Bonchev–Trinajstić information content (AvgIpc) is 2.86. The van der Waals surface area contributed by atoms with Gasteiger partial charge in [-0.2, -0.15) is 0 Å². The van der Waals surface area contributed by atoms with E-state index in [0.29, 0.717) is 10.1 Å². The fraction of sp³-hybridized carbons (Fsp3) is 0.167. The van der Waals surface area contributed by atoms with Crippen LogP contribution in [0.15, 0.2) is 40.1 Å². The van der Waals surface area contributed by atoms with E-state index in [0.717, 1.165) is 17.4 Å². The number of hydrogen-bond acceptors (Lipinski definition) is 6. The number of anilines is 1. The first-order chi connectivity index (χ1) is 9.92. The van der Waals surface area contributed by atoms with Crippen molar-refractivity contribution >= 4 is 38.3 Å². The third kappa shape index (κ3) is 4.02. The molecule has 5 nitrogen and oxygen atoms in total. The van der Waals surface area contributed by atoms with E-state index >= 15 is 0 Å². The molecule has 0 unspecified atom stereocenters. The van der Waals surface area contributed by atoms with E-state index in [2.05, 4.69) is 21.5 Å². The molecule has 21 heavy (non-hydrogen) atoms. The zero-order chi connectivity index (χ0) is 15.5. The summed E-state index contributed by atoms with van der Waals surface area (Å²) < 4.78 is 40.5. The molecule has 2 rings (SSSR count). The molecule has 112 valence electrons. The van der Waals surface area contributed by atoms with E-state index < -0.39 is 15.8 Å². The van der Waals surface area contributed by atoms with Gasteiger partial charge >= 0.3 is 0 Å². The summed E-state index contributed by atoms with van der Waals surface area (Å²) in [5.74, 6) is 0.214. The van der Waals surface area contributed by atoms with E-state index in [1.165, 1.54) is 30.8 Å². The largest absolute Gasteiger partial charge is 0.263 e. The summed E-state index contributed by atoms with van der Waals surface area (Å²) in [4.78, 5) is -0.0168. The predicted molar refractivity (Wildman–Crippen MR) is 82.8 cm³/mol. The Labute approximate surface area is 130 Å². The zero-order valence-electron chi connectivity index (χ0n) is 11.0. The second-order valence-corrected chi connectivity index (χ2v) is 7.92. The van der Waals surface area contributed by atoms with Crippen LogP contribution in [0.3, 0.4) is 0 Å². The van der Waals surface area contributed by atoms with Crippen LogP contribution in [0.4, 0.5) is 9.52 Å². The Morgan fingerprint density at radius 2 is 2.24 bits per heavy atom. The van der Waals surface area contributed by atoms with E-state index in [-0.39, 0.29) is 15.6 Å². The summed E-state index contributed by atoms with van der Waals surface area (Å²) in [6.07, 6.45) is 1.72. The smallest absolute Gasteiger partial charge is 0.253 e. The Morgan fingerprint density at radius 1 is 1.48 bits per heavy atom. The lowest BCUT2D eigenvalue weighted by Crippen LogP contribution is -2.13. The monoisotopic (exact) mass is 345 g/mol. The molecule has 0 atom stereocenters. The van der Waals surface area contributed by atoms with E-state index in [9.17, 15) is 12.8 Å². The van der Waals surface area contributed by atoms with Gasteiger partial charge in [0.15, 0.2) is 4.34 Å². The van der Waals surface area contributed by atoms with Crippen molar-refractivity contribution in [1.82, 2.24) is 10.2 Å². The molecular weight excluding hydrogens is 333 g/mol. The Bertz CT molecular complexity index is 759. The van der Waals surface area contributed by atoms with Gasteiger partial charge in [0.1, 0.15) is 5.82 Å². The van der Waals surface area contributed by atoms with Gasteiger partial charge in [-0.25, -0.2) is 12.8 Å². The summed E-state index contributed by atoms with van der Waals surface area (Å²) in [6, 6.07) is 3.60. The molecule has 1 heterocycles. The van der Waals surface area contributed by atoms with Crippen molar-refractivity contribution in [2.45, 2.75) is 16.2 Å². The van der Waals surface area contributed by atoms with Crippen LogP contribution in [-0.4, -0.2) is 24.4 Å². The standard InChI is InChI=1S/C12H12FN3O2S3/c1-3-6-19-12-15-14-11(20-12)16-21(17,18)9-4-5-10(13)8(2)7-9/h3-5,7H,1,6H2,2H3,(H,14,16). The topological polar surface area (TPSA) is 72.0 Å². The number of halogens is 1. The zero-order valence-corrected chi connectivity index (χ0v) is 13.5. The minimum absolute atomic E-state index is 0.0168. The van der Waals surface area contributed by atoms with Crippen LogP contribution in [0.2, 0.25) is 0 Å². The molecule has 1 aromatic carbocycles. The molecular formula is C12H12FN3O2S3. The fourth-order valence-corrected chi connectivity index (χ4v) is 4.23. The second-order valence-electron chi connectivity index (χ2n) is 3.99. The lowest BCUT2D eigenvalue weighted by Gasteiger charge is -2.05. The van der Waals surface area contributed by atoms with Gasteiger partial charge in [0.05, 0.1) is 4.90 Å². The van der Waals surface area contributed by atoms with Crippen LogP contribution in [0.1, 0.15) is 5.56 Å². The third-order valence-electron chi connectivity index (χ3n) is 2.39. The van der Waals surface area contributed by atoms with Crippen molar-refractivity contribution in [3.05, 3.63) is 42.2 Å². The van der Waals surface area contributed by atoms with Crippen molar-refractivity contribution in [3.63, 3.8) is 0 Å². The molecule has 1 N–H and O–H groups in total. The first-order valence-electron chi connectivity index (χ1n) is 5.78. The number of benzene rings is 1. The minimum Gasteiger partial charge on any atom is -0.253 e. The summed E-state index contributed by atoms with van der Waals surface area (Å²) in [7, 11) is -3.80. The highest BCUT2D eigenvalue weighted by molar-refractivity contribution is 8.01. The van der Waals surface area contributed by atoms with Gasteiger partial charge in [-0.1, -0.05) is 29.2 Å². The Morgan fingerprint density at radius 3 is 2.90 bits per heavy atom. The maximum Gasteiger partial charge on any atom is 0.263 e. The number of nitrogens with one attached hydrogen (secondary N) is 1. The number of thioether (sulfide) groups is 1. The summed E-state index contributed by atoms with van der Waals surface area (Å²) in [5, 5.41) is 7.80. The second kappa shape index (κ2) is 6.54. The molecule has 0 aliphatic heterocycles. The highest BCUT2D eigenvalue weighted by Gasteiger charge is 2.18. The molecule has 0 bridgehead atoms. The van der Waals surface area contributed by atoms with Crippen LogP contribution in [-0.2, 0) is 10.0 Å². The summed E-state index contributed by atoms with van der Waals surface area (Å²) in [6.45, 7) is 5.09. The molecule has 0 fully saturated rings. The first-order valence-corrected chi connectivity index (χ1v) is 9.07. The van der Waals surface area contributed by atoms with E-state index in [1.54, 1.807) is 6.08 Å². The molecule has 0 aliphatic carbocycles. The van der Waals surface area contributed by atoms with Gasteiger partial charge in [0.2, 0.25) is 5.13 Å². The summed E-state index contributed by atoms with van der Waals surface area (Å²) in [5.41, 5.74) is 0.261. The van der Waals surface area contributed by atoms with E-state index in [1.807, 2.05) is 0 Å². The van der Waals surface area contributed by atoms with Crippen LogP contribution in [0.25, 0.3) is 0 Å². The lowest BCUT2D eigenvalue weighted by atomic mass is 10.2. The number of sulfonamides is 1. The SMILES string of the molecule is C=CCSc1nnc(NS(=O)(=O)c2ccc(F)c(C)c2)s1. The van der Waals surface area contributed by atoms with Crippen LogP contribution >= 0.6 is 23.1 Å². The number of aryl methyl sites for hydroxylation is 1. The number of nitrogens with zero attached hydrogens (tertiary/aromatic N) is 2. The number of hydrogen-bond donors (Lipinski definition) is 1.